The van der Waals surface area contributed by atoms with Gasteiger partial charge in [0.15, 0.2) is 0 Å². The molecule has 2 nitrogen and oxygen atoms in total. The largest absolute Gasteiger partial charge is 0.455 e. The summed E-state index contributed by atoms with van der Waals surface area (Å²) in [6, 6.07) is 68.9. The molecular formula is C52H32O2. The first-order valence-corrected chi connectivity index (χ1v) is 18.4. The predicted octanol–water partition coefficient (Wildman–Crippen LogP) is 15.0. The first-order chi connectivity index (χ1) is 26.8. The number of rotatable bonds is 5. The summed E-state index contributed by atoms with van der Waals surface area (Å²) in [6.45, 7) is 0. The third kappa shape index (κ3) is 4.67. The summed E-state index contributed by atoms with van der Waals surface area (Å²) in [4.78, 5) is 0. The number of hydrogen-bond donors (Lipinski definition) is 0. The second-order valence-corrected chi connectivity index (χ2v) is 13.9. The molecule has 0 radical (unpaired) electrons. The van der Waals surface area contributed by atoms with Crippen LogP contribution in [0.5, 0.6) is 0 Å². The Kier molecular flexibility index (Phi) is 6.90. The molecule has 0 atom stereocenters. The zero-order valence-corrected chi connectivity index (χ0v) is 29.3. The van der Waals surface area contributed by atoms with Gasteiger partial charge in [-0.3, -0.25) is 0 Å². The fourth-order valence-corrected chi connectivity index (χ4v) is 8.54. The van der Waals surface area contributed by atoms with Gasteiger partial charge in [0.1, 0.15) is 22.5 Å². The van der Waals surface area contributed by atoms with Crippen molar-refractivity contribution in [1.82, 2.24) is 0 Å². The Labute approximate surface area is 312 Å². The van der Waals surface area contributed by atoms with Crippen LogP contribution in [0.4, 0.5) is 0 Å². The van der Waals surface area contributed by atoms with Gasteiger partial charge in [-0.05, 0) is 78.7 Å². The molecule has 0 spiro atoms. The molecule has 0 amide bonds. The molecule has 2 heterocycles. The molecule has 0 N–H and O–H groups in total. The molecule has 0 bridgehead atoms. The van der Waals surface area contributed by atoms with E-state index in [0.717, 1.165) is 60.9 Å². The van der Waals surface area contributed by atoms with E-state index in [2.05, 4.69) is 188 Å². The second kappa shape index (κ2) is 12.2. The maximum atomic E-state index is 6.94. The zero-order chi connectivity index (χ0) is 35.6. The van der Waals surface area contributed by atoms with Crippen LogP contribution in [0.15, 0.2) is 203 Å². The summed E-state index contributed by atoms with van der Waals surface area (Å²) in [6.07, 6.45) is 0. The van der Waals surface area contributed by atoms with Crippen molar-refractivity contribution in [2.24, 2.45) is 0 Å². The van der Waals surface area contributed by atoms with Gasteiger partial charge in [-0.25, -0.2) is 0 Å². The third-order valence-corrected chi connectivity index (χ3v) is 10.9. The lowest BCUT2D eigenvalue weighted by molar-refractivity contribution is 0.631. The van der Waals surface area contributed by atoms with Crippen molar-refractivity contribution in [2.45, 2.75) is 0 Å². The Morgan fingerprint density at radius 2 is 0.741 bits per heavy atom. The second-order valence-electron chi connectivity index (χ2n) is 13.9. The molecule has 252 valence electrons. The van der Waals surface area contributed by atoms with Crippen LogP contribution in [0.1, 0.15) is 0 Å². The Morgan fingerprint density at radius 3 is 1.37 bits per heavy atom. The standard InChI is InChI=1S/C52H32O2/c1-4-15-33(16-5-1)34-27-29-36(30-28-34)46-38-21-10-12-23-40(38)48(41-24-13-11-22-39(41)46)42-25-14-26-44-49(42)43-31-32-45-50(52(43)54-44)47(35-17-6-2-7-18-35)51(53-45)37-19-8-3-9-20-37/h1-32H. The first-order valence-electron chi connectivity index (χ1n) is 18.4. The minimum atomic E-state index is 0.805. The fourth-order valence-electron chi connectivity index (χ4n) is 8.54. The van der Waals surface area contributed by atoms with Gasteiger partial charge in [0.2, 0.25) is 0 Å². The van der Waals surface area contributed by atoms with Crippen LogP contribution in [0.2, 0.25) is 0 Å². The SMILES string of the molecule is c1ccc(-c2ccc(-c3c4ccccc4c(-c4cccc5oc6c(ccc7oc(-c8ccccc8)c(-c8ccccc8)c76)c45)c4ccccc34)cc2)cc1. The molecule has 0 saturated heterocycles. The fraction of sp³-hybridized carbons (Fsp3) is 0. The molecule has 0 unspecified atom stereocenters. The lowest BCUT2D eigenvalue weighted by atomic mass is 9.84. The highest BCUT2D eigenvalue weighted by atomic mass is 16.3. The van der Waals surface area contributed by atoms with E-state index in [-0.39, 0.29) is 0 Å². The maximum Gasteiger partial charge on any atom is 0.147 e. The summed E-state index contributed by atoms with van der Waals surface area (Å²) < 4.78 is 13.6. The maximum absolute atomic E-state index is 6.94. The van der Waals surface area contributed by atoms with Crippen molar-refractivity contribution in [1.29, 1.82) is 0 Å². The van der Waals surface area contributed by atoms with E-state index in [9.17, 15) is 0 Å². The van der Waals surface area contributed by atoms with Gasteiger partial charge >= 0.3 is 0 Å². The van der Waals surface area contributed by atoms with Crippen LogP contribution < -0.4 is 0 Å². The van der Waals surface area contributed by atoms with E-state index in [1.807, 2.05) is 6.07 Å². The Morgan fingerprint density at radius 1 is 0.259 bits per heavy atom. The minimum Gasteiger partial charge on any atom is -0.455 e. The average Bonchev–Trinajstić information content (AvgIpc) is 3.83. The smallest absolute Gasteiger partial charge is 0.147 e. The lowest BCUT2D eigenvalue weighted by Crippen LogP contribution is -1.91. The normalized spacial score (nSPS) is 11.7. The van der Waals surface area contributed by atoms with E-state index in [0.29, 0.717) is 0 Å². The number of furan rings is 2. The summed E-state index contributed by atoms with van der Waals surface area (Å²) >= 11 is 0. The van der Waals surface area contributed by atoms with Gasteiger partial charge in [-0.1, -0.05) is 176 Å². The van der Waals surface area contributed by atoms with Crippen LogP contribution in [-0.4, -0.2) is 0 Å². The topological polar surface area (TPSA) is 26.3 Å². The van der Waals surface area contributed by atoms with Crippen molar-refractivity contribution in [2.75, 3.05) is 0 Å². The molecule has 0 aliphatic heterocycles. The van der Waals surface area contributed by atoms with Crippen molar-refractivity contribution in [3.05, 3.63) is 194 Å². The minimum absolute atomic E-state index is 0.805. The molecule has 54 heavy (non-hydrogen) atoms. The van der Waals surface area contributed by atoms with Crippen molar-refractivity contribution in [3.63, 3.8) is 0 Å². The number of fused-ring (bicyclic) bond motifs is 7. The quantitative estimate of drug-likeness (QED) is 0.168. The van der Waals surface area contributed by atoms with E-state index >= 15 is 0 Å². The van der Waals surface area contributed by atoms with Gasteiger partial charge < -0.3 is 8.83 Å². The van der Waals surface area contributed by atoms with Gasteiger partial charge in [-0.2, -0.15) is 0 Å². The van der Waals surface area contributed by atoms with Crippen LogP contribution in [0.25, 0.3) is 110 Å². The lowest BCUT2D eigenvalue weighted by Gasteiger charge is -2.18. The van der Waals surface area contributed by atoms with Crippen LogP contribution >= 0.6 is 0 Å². The summed E-state index contributed by atoms with van der Waals surface area (Å²) in [5, 5.41) is 8.02. The van der Waals surface area contributed by atoms with Gasteiger partial charge in [-0.15, -0.1) is 0 Å². The molecule has 11 aromatic rings. The Hall–Kier alpha value is -7.16. The number of benzene rings is 9. The van der Waals surface area contributed by atoms with Crippen LogP contribution in [-0.2, 0) is 0 Å². The Bertz CT molecular complexity index is 3110. The predicted molar refractivity (Wildman–Crippen MR) is 226 cm³/mol. The molecule has 9 aromatic carbocycles. The summed E-state index contributed by atoms with van der Waals surface area (Å²) in [5.41, 5.74) is 12.9. The zero-order valence-electron chi connectivity index (χ0n) is 29.3. The van der Waals surface area contributed by atoms with Crippen LogP contribution in [0.3, 0.4) is 0 Å². The third-order valence-electron chi connectivity index (χ3n) is 10.9. The van der Waals surface area contributed by atoms with E-state index in [1.165, 1.54) is 49.4 Å². The van der Waals surface area contributed by atoms with E-state index in [1.54, 1.807) is 0 Å². The molecule has 11 rings (SSSR count). The highest BCUT2D eigenvalue weighted by Gasteiger charge is 2.25. The average molecular weight is 689 g/mol. The highest BCUT2D eigenvalue weighted by Crippen LogP contribution is 2.50. The molecule has 0 aliphatic rings. The summed E-state index contributed by atoms with van der Waals surface area (Å²) in [7, 11) is 0. The van der Waals surface area contributed by atoms with E-state index in [4.69, 9.17) is 8.83 Å². The molecular weight excluding hydrogens is 657 g/mol. The molecule has 0 fully saturated rings. The first kappa shape index (κ1) is 30.5. The van der Waals surface area contributed by atoms with Crippen molar-refractivity contribution >= 4 is 54.5 Å². The molecule has 0 saturated carbocycles. The van der Waals surface area contributed by atoms with Crippen molar-refractivity contribution in [3.8, 4) is 55.8 Å². The van der Waals surface area contributed by atoms with Gasteiger partial charge in [0.25, 0.3) is 0 Å². The Balaban J connectivity index is 1.19. The van der Waals surface area contributed by atoms with Gasteiger partial charge in [0, 0.05) is 21.9 Å². The van der Waals surface area contributed by atoms with Crippen LogP contribution in [0, 0.1) is 0 Å². The summed E-state index contributed by atoms with van der Waals surface area (Å²) in [5.74, 6) is 0.842. The molecule has 2 aromatic heterocycles. The van der Waals surface area contributed by atoms with E-state index < -0.39 is 0 Å². The highest BCUT2D eigenvalue weighted by molar-refractivity contribution is 6.28. The monoisotopic (exact) mass is 688 g/mol. The molecule has 2 heteroatoms. The number of hydrogen-bond acceptors (Lipinski definition) is 2. The van der Waals surface area contributed by atoms with Gasteiger partial charge in [0.05, 0.1) is 5.39 Å². The molecule has 0 aliphatic carbocycles. The van der Waals surface area contributed by atoms with Crippen molar-refractivity contribution < 1.29 is 8.83 Å².